The van der Waals surface area contributed by atoms with Crippen molar-refractivity contribution < 1.29 is 14.3 Å². The van der Waals surface area contributed by atoms with Crippen molar-refractivity contribution in [2.45, 2.75) is 6.42 Å². The minimum absolute atomic E-state index is 0.0911. The van der Waals surface area contributed by atoms with Crippen LogP contribution in [-0.2, 0) is 9.53 Å². The normalized spacial score (nSPS) is 10.2. The number of nitrogens with one attached hydrogen (secondary N) is 3. The highest BCUT2D eigenvalue weighted by Crippen LogP contribution is 2.15. The van der Waals surface area contributed by atoms with E-state index in [2.05, 4.69) is 16.0 Å². The van der Waals surface area contributed by atoms with Gasteiger partial charge in [0, 0.05) is 42.2 Å². The number of halogens is 1. The van der Waals surface area contributed by atoms with Gasteiger partial charge in [-0.25, -0.2) is 0 Å². The van der Waals surface area contributed by atoms with Crippen molar-refractivity contribution in [2.75, 3.05) is 37.4 Å². The molecule has 0 atom stereocenters. The smallest absolute Gasteiger partial charge is 0.251 e. The van der Waals surface area contributed by atoms with Gasteiger partial charge in [-0.3, -0.25) is 9.59 Å². The molecule has 2 aromatic carbocycles. The largest absolute Gasteiger partial charge is 0.385 e. The van der Waals surface area contributed by atoms with Crippen LogP contribution in [0.15, 0.2) is 48.5 Å². The lowest BCUT2D eigenvalue weighted by Gasteiger charge is -2.10. The Labute approximate surface area is 157 Å². The van der Waals surface area contributed by atoms with Crippen molar-refractivity contribution >= 4 is 34.8 Å². The van der Waals surface area contributed by atoms with Crippen molar-refractivity contribution in [3.63, 3.8) is 0 Å². The molecule has 6 nitrogen and oxygen atoms in total. The van der Waals surface area contributed by atoms with E-state index in [1.54, 1.807) is 49.6 Å². The van der Waals surface area contributed by atoms with Crippen molar-refractivity contribution in [2.24, 2.45) is 0 Å². The van der Waals surface area contributed by atoms with E-state index in [0.717, 1.165) is 12.1 Å². The molecule has 0 heterocycles. The molecule has 0 radical (unpaired) electrons. The Bertz CT molecular complexity index is 752. The van der Waals surface area contributed by atoms with Crippen molar-refractivity contribution in [3.05, 3.63) is 59.1 Å². The van der Waals surface area contributed by atoms with Gasteiger partial charge in [-0.1, -0.05) is 23.7 Å². The lowest BCUT2D eigenvalue weighted by atomic mass is 10.2. The molecule has 0 saturated carbocycles. The summed E-state index contributed by atoms with van der Waals surface area (Å²) in [6, 6.07) is 13.9. The Hall–Kier alpha value is -2.57. The molecule has 2 aromatic rings. The van der Waals surface area contributed by atoms with Gasteiger partial charge in [0.1, 0.15) is 0 Å². The number of benzene rings is 2. The molecule has 0 saturated heterocycles. The summed E-state index contributed by atoms with van der Waals surface area (Å²) in [5.41, 5.74) is 1.81. The molecule has 138 valence electrons. The third kappa shape index (κ3) is 6.74. The molecule has 0 unspecified atom stereocenters. The number of hydrogen-bond donors (Lipinski definition) is 3. The molecule has 0 fully saturated rings. The first-order valence-corrected chi connectivity index (χ1v) is 8.63. The van der Waals surface area contributed by atoms with E-state index in [1.807, 2.05) is 6.07 Å². The molecule has 0 aromatic heterocycles. The molecular weight excluding hydrogens is 354 g/mol. The number of methoxy groups -OCH3 is 1. The van der Waals surface area contributed by atoms with Crippen LogP contribution in [0.25, 0.3) is 0 Å². The summed E-state index contributed by atoms with van der Waals surface area (Å²) in [6.45, 7) is 1.22. The summed E-state index contributed by atoms with van der Waals surface area (Å²) >= 11 is 5.91. The molecule has 0 aliphatic heterocycles. The lowest BCUT2D eigenvalue weighted by Crippen LogP contribution is -2.25. The second kappa shape index (κ2) is 10.4. The second-order valence-corrected chi connectivity index (χ2v) is 6.03. The number of hydrogen-bond acceptors (Lipinski definition) is 4. The lowest BCUT2D eigenvalue weighted by molar-refractivity contribution is -0.114. The standard InChI is InChI=1S/C19H22ClN3O3/c1-26-10-4-9-21-19(25)14-5-2-8-17(11-14)23-18(24)13-22-16-7-3-6-15(20)12-16/h2-3,5-8,11-12,22H,4,9-10,13H2,1H3,(H,21,25)(H,23,24). The molecule has 0 aliphatic rings. The van der Waals surface area contributed by atoms with Gasteiger partial charge in [0.25, 0.3) is 5.91 Å². The third-order valence-electron chi connectivity index (χ3n) is 3.50. The van der Waals surface area contributed by atoms with E-state index in [4.69, 9.17) is 16.3 Å². The highest BCUT2D eigenvalue weighted by Gasteiger charge is 2.08. The van der Waals surface area contributed by atoms with Crippen LogP contribution >= 0.6 is 11.6 Å². The van der Waals surface area contributed by atoms with Gasteiger partial charge in [0.05, 0.1) is 6.54 Å². The minimum atomic E-state index is -0.220. The van der Waals surface area contributed by atoms with Gasteiger partial charge in [0.2, 0.25) is 5.91 Å². The summed E-state index contributed by atoms with van der Waals surface area (Å²) in [5, 5.41) is 9.17. The number of amides is 2. The van der Waals surface area contributed by atoms with E-state index in [9.17, 15) is 9.59 Å². The van der Waals surface area contributed by atoms with Crippen molar-refractivity contribution in [3.8, 4) is 0 Å². The van der Waals surface area contributed by atoms with E-state index >= 15 is 0 Å². The zero-order valence-electron chi connectivity index (χ0n) is 14.5. The van der Waals surface area contributed by atoms with Crippen LogP contribution in [0, 0.1) is 0 Å². The minimum Gasteiger partial charge on any atom is -0.385 e. The molecule has 7 heteroatoms. The average Bonchev–Trinajstić information content (AvgIpc) is 2.64. The molecule has 3 N–H and O–H groups in total. The zero-order valence-corrected chi connectivity index (χ0v) is 15.3. The number of ether oxygens (including phenoxy) is 1. The van der Waals surface area contributed by atoms with Crippen LogP contribution in [0.2, 0.25) is 5.02 Å². The number of rotatable bonds is 9. The summed E-state index contributed by atoms with van der Waals surface area (Å²) < 4.78 is 4.94. The quantitative estimate of drug-likeness (QED) is 0.588. The average molecular weight is 376 g/mol. The van der Waals surface area contributed by atoms with Gasteiger partial charge >= 0.3 is 0 Å². The van der Waals surface area contributed by atoms with E-state index in [1.165, 1.54) is 0 Å². The summed E-state index contributed by atoms with van der Waals surface area (Å²) in [4.78, 5) is 24.2. The third-order valence-corrected chi connectivity index (χ3v) is 3.73. The second-order valence-electron chi connectivity index (χ2n) is 5.60. The predicted octanol–water partition coefficient (Wildman–Crippen LogP) is 3.16. The summed E-state index contributed by atoms with van der Waals surface area (Å²) in [5.74, 6) is -0.406. The predicted molar refractivity (Wildman–Crippen MR) is 104 cm³/mol. The van der Waals surface area contributed by atoms with Crippen LogP contribution in [0.1, 0.15) is 16.8 Å². The van der Waals surface area contributed by atoms with Crippen molar-refractivity contribution in [1.29, 1.82) is 0 Å². The molecular formula is C19H22ClN3O3. The summed E-state index contributed by atoms with van der Waals surface area (Å²) in [7, 11) is 1.62. The highest BCUT2D eigenvalue weighted by molar-refractivity contribution is 6.30. The fraction of sp³-hybridized carbons (Fsp3) is 0.263. The van der Waals surface area contributed by atoms with E-state index in [0.29, 0.717) is 29.4 Å². The Morgan fingerprint density at radius 1 is 1.08 bits per heavy atom. The van der Waals surface area contributed by atoms with Crippen molar-refractivity contribution in [1.82, 2.24) is 5.32 Å². The molecule has 2 rings (SSSR count). The fourth-order valence-corrected chi connectivity index (χ4v) is 2.43. The molecule has 0 aliphatic carbocycles. The topological polar surface area (TPSA) is 79.5 Å². The number of carbonyl (C=O) groups is 2. The first-order chi connectivity index (χ1) is 12.6. The number of anilines is 2. The van der Waals surface area contributed by atoms with Crippen LogP contribution < -0.4 is 16.0 Å². The Balaban J connectivity index is 1.85. The SMILES string of the molecule is COCCCNC(=O)c1cccc(NC(=O)CNc2cccc(Cl)c2)c1. The summed E-state index contributed by atoms with van der Waals surface area (Å²) in [6.07, 6.45) is 0.744. The van der Waals surface area contributed by atoms with Gasteiger partial charge in [-0.05, 0) is 42.8 Å². The van der Waals surface area contributed by atoms with Gasteiger partial charge in [0.15, 0.2) is 0 Å². The maximum Gasteiger partial charge on any atom is 0.251 e. The van der Waals surface area contributed by atoms with Gasteiger partial charge in [-0.2, -0.15) is 0 Å². The van der Waals surface area contributed by atoms with Crippen LogP contribution in [0.3, 0.4) is 0 Å². The van der Waals surface area contributed by atoms with Gasteiger partial charge in [-0.15, -0.1) is 0 Å². The first kappa shape index (κ1) is 19.8. The molecule has 26 heavy (non-hydrogen) atoms. The highest BCUT2D eigenvalue weighted by atomic mass is 35.5. The van der Waals surface area contributed by atoms with Crippen LogP contribution in [0.5, 0.6) is 0 Å². The monoisotopic (exact) mass is 375 g/mol. The Morgan fingerprint density at radius 2 is 1.85 bits per heavy atom. The maximum absolute atomic E-state index is 12.1. The Kier molecular flexibility index (Phi) is 7.92. The molecule has 2 amide bonds. The Morgan fingerprint density at radius 3 is 2.62 bits per heavy atom. The molecule has 0 bridgehead atoms. The van der Waals surface area contributed by atoms with Crippen LogP contribution in [0.4, 0.5) is 11.4 Å². The first-order valence-electron chi connectivity index (χ1n) is 8.25. The maximum atomic E-state index is 12.1. The van der Waals surface area contributed by atoms with E-state index < -0.39 is 0 Å². The van der Waals surface area contributed by atoms with Crippen LogP contribution in [-0.4, -0.2) is 38.6 Å². The molecule has 0 spiro atoms. The fourth-order valence-electron chi connectivity index (χ4n) is 2.24. The number of carbonyl (C=O) groups excluding carboxylic acids is 2. The van der Waals surface area contributed by atoms with E-state index in [-0.39, 0.29) is 18.4 Å². The zero-order chi connectivity index (χ0) is 18.8. The van der Waals surface area contributed by atoms with Gasteiger partial charge < -0.3 is 20.7 Å².